The van der Waals surface area contributed by atoms with Gasteiger partial charge in [-0.3, -0.25) is 0 Å². The van der Waals surface area contributed by atoms with Gasteiger partial charge in [0.2, 0.25) is 0 Å². The third-order valence-electron chi connectivity index (χ3n) is 1.94. The highest BCUT2D eigenvalue weighted by atomic mass is 16.3. The first-order chi connectivity index (χ1) is 5.75. The lowest BCUT2D eigenvalue weighted by molar-refractivity contribution is 0.458. The fraction of sp³-hybridized carbons (Fsp3) is 0.400. The van der Waals surface area contributed by atoms with E-state index in [2.05, 4.69) is 6.92 Å². The average molecular weight is 165 g/mol. The summed E-state index contributed by atoms with van der Waals surface area (Å²) in [6, 6.07) is 7.21. The third-order valence-corrected chi connectivity index (χ3v) is 1.94. The van der Waals surface area contributed by atoms with Gasteiger partial charge in [0.15, 0.2) is 0 Å². The van der Waals surface area contributed by atoms with Crippen LogP contribution in [0.2, 0.25) is 0 Å². The van der Waals surface area contributed by atoms with Crippen LogP contribution < -0.4 is 5.73 Å². The normalized spacial score (nSPS) is 12.8. The van der Waals surface area contributed by atoms with E-state index in [-0.39, 0.29) is 6.04 Å². The molecule has 0 heterocycles. The largest absolute Gasteiger partial charge is 0.508 e. The first-order valence-corrected chi connectivity index (χ1v) is 4.29. The Morgan fingerprint density at radius 1 is 1.42 bits per heavy atom. The van der Waals surface area contributed by atoms with E-state index in [1.54, 1.807) is 12.1 Å². The van der Waals surface area contributed by atoms with Crippen LogP contribution in [0.15, 0.2) is 24.3 Å². The van der Waals surface area contributed by atoms with Crippen LogP contribution in [-0.2, 0) is 0 Å². The maximum absolute atomic E-state index is 9.43. The van der Waals surface area contributed by atoms with Crippen LogP contribution in [0.3, 0.4) is 0 Å². The number of phenols is 1. The first-order valence-electron chi connectivity index (χ1n) is 4.29. The van der Waals surface area contributed by atoms with Crippen molar-refractivity contribution in [2.75, 3.05) is 0 Å². The summed E-state index contributed by atoms with van der Waals surface area (Å²) in [5.74, 6) is 0.304. The van der Waals surface area contributed by atoms with Crippen molar-refractivity contribution in [2.24, 2.45) is 5.73 Å². The van der Waals surface area contributed by atoms with Gasteiger partial charge in [0.25, 0.3) is 0 Å². The van der Waals surface area contributed by atoms with Crippen molar-refractivity contribution >= 4 is 0 Å². The Balaban J connectivity index is 2.79. The number of benzene rings is 1. The highest BCUT2D eigenvalue weighted by molar-refractivity contribution is 5.34. The molecule has 0 unspecified atom stereocenters. The van der Waals surface area contributed by atoms with Gasteiger partial charge in [0.05, 0.1) is 0 Å². The molecule has 0 saturated heterocycles. The number of rotatable bonds is 3. The predicted octanol–water partition coefficient (Wildman–Crippen LogP) is 2.19. The summed E-state index contributed by atoms with van der Waals surface area (Å²) >= 11 is 0. The van der Waals surface area contributed by atoms with Gasteiger partial charge in [-0.15, -0.1) is 0 Å². The van der Waals surface area contributed by atoms with Crippen LogP contribution >= 0.6 is 0 Å². The quantitative estimate of drug-likeness (QED) is 0.721. The van der Waals surface area contributed by atoms with Gasteiger partial charge in [-0.1, -0.05) is 31.5 Å². The van der Waals surface area contributed by atoms with E-state index in [1.807, 2.05) is 12.1 Å². The lowest BCUT2D eigenvalue weighted by atomic mass is 10.0. The Labute approximate surface area is 73.0 Å². The van der Waals surface area contributed by atoms with E-state index in [9.17, 15) is 5.11 Å². The molecule has 0 fully saturated rings. The molecule has 12 heavy (non-hydrogen) atoms. The molecule has 0 bridgehead atoms. The molecule has 1 atom stereocenters. The molecule has 0 amide bonds. The highest BCUT2D eigenvalue weighted by Gasteiger charge is 2.07. The van der Waals surface area contributed by atoms with Gasteiger partial charge in [0, 0.05) is 11.6 Å². The molecule has 1 aromatic rings. The minimum Gasteiger partial charge on any atom is -0.508 e. The van der Waals surface area contributed by atoms with Crippen molar-refractivity contribution in [1.82, 2.24) is 0 Å². The average Bonchev–Trinajstić information content (AvgIpc) is 2.05. The molecule has 0 spiro atoms. The summed E-state index contributed by atoms with van der Waals surface area (Å²) in [6.45, 7) is 2.08. The van der Waals surface area contributed by atoms with Crippen LogP contribution in [0.5, 0.6) is 5.75 Å². The Hall–Kier alpha value is -1.02. The number of nitrogens with two attached hydrogens (primary N) is 1. The van der Waals surface area contributed by atoms with Crippen LogP contribution in [0.4, 0.5) is 0 Å². The highest BCUT2D eigenvalue weighted by Crippen LogP contribution is 2.24. The van der Waals surface area contributed by atoms with E-state index >= 15 is 0 Å². The van der Waals surface area contributed by atoms with Gasteiger partial charge < -0.3 is 10.8 Å². The van der Waals surface area contributed by atoms with Gasteiger partial charge in [-0.25, -0.2) is 0 Å². The molecule has 0 aliphatic heterocycles. The molecule has 1 rings (SSSR count). The van der Waals surface area contributed by atoms with Crippen molar-refractivity contribution < 1.29 is 5.11 Å². The summed E-state index contributed by atoms with van der Waals surface area (Å²) in [5, 5.41) is 9.43. The maximum atomic E-state index is 9.43. The first kappa shape index (κ1) is 9.07. The number of phenolic OH excluding ortho intramolecular Hbond substituents is 1. The van der Waals surface area contributed by atoms with E-state index in [1.165, 1.54) is 0 Å². The fourth-order valence-corrected chi connectivity index (χ4v) is 1.27. The minimum atomic E-state index is -0.0313. The molecule has 0 aliphatic carbocycles. The van der Waals surface area contributed by atoms with Crippen molar-refractivity contribution in [1.29, 1.82) is 0 Å². The number of hydrogen-bond donors (Lipinski definition) is 2. The second-order valence-corrected chi connectivity index (χ2v) is 2.95. The summed E-state index contributed by atoms with van der Waals surface area (Å²) < 4.78 is 0. The molecule has 0 aliphatic rings. The monoisotopic (exact) mass is 165 g/mol. The topological polar surface area (TPSA) is 46.2 Å². The maximum Gasteiger partial charge on any atom is 0.120 e. The van der Waals surface area contributed by atoms with Gasteiger partial charge in [-0.05, 0) is 12.5 Å². The van der Waals surface area contributed by atoms with Crippen molar-refractivity contribution in [2.45, 2.75) is 25.8 Å². The second-order valence-electron chi connectivity index (χ2n) is 2.95. The molecule has 2 heteroatoms. The zero-order valence-electron chi connectivity index (χ0n) is 7.33. The Morgan fingerprint density at radius 2 is 2.08 bits per heavy atom. The van der Waals surface area contributed by atoms with Crippen LogP contribution in [0.1, 0.15) is 31.4 Å². The molecular weight excluding hydrogens is 150 g/mol. The second kappa shape index (κ2) is 4.12. The molecule has 0 aromatic heterocycles. The smallest absolute Gasteiger partial charge is 0.120 e. The van der Waals surface area contributed by atoms with Crippen molar-refractivity contribution in [3.05, 3.63) is 29.8 Å². The summed E-state index contributed by atoms with van der Waals surface area (Å²) in [4.78, 5) is 0. The fourth-order valence-electron chi connectivity index (χ4n) is 1.27. The minimum absolute atomic E-state index is 0.0313. The Kier molecular flexibility index (Phi) is 3.11. The lowest BCUT2D eigenvalue weighted by Gasteiger charge is -2.11. The standard InChI is InChI=1S/C10H15NO/c1-2-5-9(11)8-6-3-4-7-10(8)12/h3-4,6-7,9,12H,2,5,11H2,1H3/t9-/m0/s1. The number of hydrogen-bond acceptors (Lipinski definition) is 2. The number of para-hydroxylation sites is 1. The lowest BCUT2D eigenvalue weighted by Crippen LogP contribution is -2.09. The molecule has 1 aromatic carbocycles. The summed E-state index contributed by atoms with van der Waals surface area (Å²) in [7, 11) is 0. The molecule has 3 N–H and O–H groups in total. The Morgan fingerprint density at radius 3 is 2.67 bits per heavy atom. The Bertz CT molecular complexity index is 247. The molecular formula is C10H15NO. The summed E-state index contributed by atoms with van der Waals surface area (Å²) in [5.41, 5.74) is 6.69. The van der Waals surface area contributed by atoms with Crippen molar-refractivity contribution in [3.63, 3.8) is 0 Å². The summed E-state index contributed by atoms with van der Waals surface area (Å²) in [6.07, 6.45) is 1.95. The molecule has 0 saturated carbocycles. The molecule has 0 radical (unpaired) electrons. The zero-order valence-corrected chi connectivity index (χ0v) is 7.33. The molecule has 2 nitrogen and oxygen atoms in total. The van der Waals surface area contributed by atoms with Crippen LogP contribution in [0.25, 0.3) is 0 Å². The SMILES string of the molecule is CCC[C@H](N)c1ccccc1O. The van der Waals surface area contributed by atoms with E-state index in [4.69, 9.17) is 5.73 Å². The van der Waals surface area contributed by atoms with Crippen LogP contribution in [0, 0.1) is 0 Å². The van der Waals surface area contributed by atoms with Gasteiger partial charge in [0.1, 0.15) is 5.75 Å². The van der Waals surface area contributed by atoms with E-state index in [0.717, 1.165) is 18.4 Å². The van der Waals surface area contributed by atoms with Crippen molar-refractivity contribution in [3.8, 4) is 5.75 Å². The van der Waals surface area contributed by atoms with E-state index in [0.29, 0.717) is 5.75 Å². The predicted molar refractivity (Wildman–Crippen MR) is 49.9 cm³/mol. The van der Waals surface area contributed by atoms with Gasteiger partial charge >= 0.3 is 0 Å². The molecule has 66 valence electrons. The third kappa shape index (κ3) is 1.98. The zero-order chi connectivity index (χ0) is 8.97. The van der Waals surface area contributed by atoms with Crippen LogP contribution in [-0.4, -0.2) is 5.11 Å². The number of aromatic hydroxyl groups is 1. The van der Waals surface area contributed by atoms with E-state index < -0.39 is 0 Å². The van der Waals surface area contributed by atoms with Gasteiger partial charge in [-0.2, -0.15) is 0 Å².